The molecule has 1 aliphatic rings. The SMILES string of the molecule is CCCCOc1ccc(C2c3c(oc4cc(C)c(C)cc4c3=O)C(=O)N2c2nc(C)c(C(C)=O)s2)cc1OC. The Balaban J connectivity index is 1.74. The van der Waals surface area contributed by atoms with Crippen molar-refractivity contribution in [2.24, 2.45) is 0 Å². The van der Waals surface area contributed by atoms with Crippen LogP contribution >= 0.6 is 11.3 Å². The largest absolute Gasteiger partial charge is 0.493 e. The standard InChI is InChI=1S/C30H30N2O6S/c1-7-8-11-37-21-10-9-19(14-23(21)36-6)25-24-26(34)20-12-15(2)16(3)13-22(20)38-27(24)29(35)32(25)30-31-17(4)28(39-30)18(5)33/h9-10,12-14,25H,7-8,11H2,1-6H3. The lowest BCUT2D eigenvalue weighted by molar-refractivity contribution is 0.0969. The number of ether oxygens (including phenoxy) is 2. The van der Waals surface area contributed by atoms with Gasteiger partial charge < -0.3 is 13.9 Å². The molecule has 0 aliphatic carbocycles. The lowest BCUT2D eigenvalue weighted by atomic mass is 9.97. The summed E-state index contributed by atoms with van der Waals surface area (Å²) < 4.78 is 17.7. The van der Waals surface area contributed by atoms with Gasteiger partial charge in [0, 0.05) is 6.92 Å². The molecule has 5 rings (SSSR count). The number of nitrogens with zero attached hydrogens (tertiary/aromatic N) is 2. The number of rotatable bonds is 8. The van der Waals surface area contributed by atoms with Gasteiger partial charge in [0.2, 0.25) is 5.76 Å². The number of aromatic nitrogens is 1. The van der Waals surface area contributed by atoms with Crippen molar-refractivity contribution >= 4 is 39.1 Å². The van der Waals surface area contributed by atoms with Gasteiger partial charge >= 0.3 is 0 Å². The number of ketones is 1. The number of fused-ring (bicyclic) bond motifs is 2. The summed E-state index contributed by atoms with van der Waals surface area (Å²) in [6.07, 6.45) is 1.90. The van der Waals surface area contributed by atoms with Crippen LogP contribution in [0, 0.1) is 20.8 Å². The topological polar surface area (TPSA) is 98.9 Å². The highest BCUT2D eigenvalue weighted by atomic mass is 32.1. The van der Waals surface area contributed by atoms with Gasteiger partial charge in [-0.2, -0.15) is 0 Å². The highest BCUT2D eigenvalue weighted by molar-refractivity contribution is 7.17. The number of hydrogen-bond acceptors (Lipinski definition) is 8. The molecular weight excluding hydrogens is 516 g/mol. The minimum absolute atomic E-state index is 0.0276. The molecule has 8 nitrogen and oxygen atoms in total. The first-order valence-corrected chi connectivity index (χ1v) is 13.7. The quantitative estimate of drug-likeness (QED) is 0.188. The van der Waals surface area contributed by atoms with E-state index in [1.54, 1.807) is 38.3 Å². The van der Waals surface area contributed by atoms with Crippen molar-refractivity contribution in [3.05, 3.63) is 79.1 Å². The van der Waals surface area contributed by atoms with Crippen LogP contribution < -0.4 is 19.8 Å². The summed E-state index contributed by atoms with van der Waals surface area (Å²) in [5, 5.41) is 0.722. The molecule has 0 saturated carbocycles. The summed E-state index contributed by atoms with van der Waals surface area (Å²) in [5.74, 6) is 0.406. The molecule has 4 aromatic rings. The molecule has 2 aromatic heterocycles. The Bertz CT molecular complexity index is 1690. The number of methoxy groups -OCH3 is 1. The zero-order valence-corrected chi connectivity index (χ0v) is 23.7. The Morgan fingerprint density at radius 1 is 1.10 bits per heavy atom. The minimum Gasteiger partial charge on any atom is -0.493 e. The summed E-state index contributed by atoms with van der Waals surface area (Å²) in [6, 6.07) is 8.13. The predicted molar refractivity (Wildman–Crippen MR) is 151 cm³/mol. The van der Waals surface area contributed by atoms with Crippen molar-refractivity contribution in [3.8, 4) is 11.5 Å². The molecule has 1 amide bonds. The molecule has 2 aromatic carbocycles. The van der Waals surface area contributed by atoms with Gasteiger partial charge in [0.25, 0.3) is 5.91 Å². The van der Waals surface area contributed by atoms with Crippen molar-refractivity contribution in [1.82, 2.24) is 4.98 Å². The highest BCUT2D eigenvalue weighted by Crippen LogP contribution is 2.45. The number of anilines is 1. The molecule has 1 aliphatic heterocycles. The van der Waals surface area contributed by atoms with Crippen molar-refractivity contribution < 1.29 is 23.5 Å². The first-order chi connectivity index (χ1) is 18.7. The van der Waals surface area contributed by atoms with Crippen LogP contribution in [0.25, 0.3) is 11.0 Å². The van der Waals surface area contributed by atoms with Crippen LogP contribution in [0.1, 0.15) is 80.9 Å². The molecule has 0 N–H and O–H groups in total. The predicted octanol–water partition coefficient (Wildman–Crippen LogP) is 6.31. The van der Waals surface area contributed by atoms with E-state index in [0.717, 1.165) is 35.3 Å². The van der Waals surface area contributed by atoms with Gasteiger partial charge in [-0.3, -0.25) is 19.3 Å². The van der Waals surface area contributed by atoms with E-state index < -0.39 is 11.9 Å². The Labute approximate surface area is 230 Å². The van der Waals surface area contributed by atoms with E-state index >= 15 is 0 Å². The van der Waals surface area contributed by atoms with E-state index in [2.05, 4.69) is 11.9 Å². The van der Waals surface area contributed by atoms with E-state index in [4.69, 9.17) is 13.9 Å². The van der Waals surface area contributed by atoms with E-state index in [-0.39, 0.29) is 22.5 Å². The van der Waals surface area contributed by atoms with E-state index in [1.807, 2.05) is 19.9 Å². The first kappa shape index (κ1) is 26.6. The number of carbonyl (C=O) groups is 2. The van der Waals surface area contributed by atoms with E-state index in [0.29, 0.717) is 50.3 Å². The van der Waals surface area contributed by atoms with Gasteiger partial charge in [0.1, 0.15) is 5.58 Å². The summed E-state index contributed by atoms with van der Waals surface area (Å²) in [7, 11) is 1.55. The fourth-order valence-electron chi connectivity index (χ4n) is 4.85. The maximum Gasteiger partial charge on any atom is 0.297 e. The second-order valence-corrected chi connectivity index (χ2v) is 10.7. The number of unbranched alkanes of at least 4 members (excludes halogenated alkanes) is 1. The number of thiazole rings is 1. The Morgan fingerprint density at radius 3 is 2.51 bits per heavy atom. The lowest BCUT2D eigenvalue weighted by Gasteiger charge is -2.23. The molecule has 0 fully saturated rings. The van der Waals surface area contributed by atoms with Gasteiger partial charge in [-0.05, 0) is 68.1 Å². The molecule has 0 radical (unpaired) electrons. The number of Topliss-reactive ketones (excluding diaryl/α,β-unsaturated/α-hetero) is 1. The van der Waals surface area contributed by atoms with Crippen molar-refractivity contribution in [1.29, 1.82) is 0 Å². The average molecular weight is 547 g/mol. The maximum atomic E-state index is 14.0. The van der Waals surface area contributed by atoms with Crippen LogP contribution in [0.3, 0.4) is 0 Å². The minimum atomic E-state index is -0.835. The lowest BCUT2D eigenvalue weighted by Crippen LogP contribution is -2.29. The number of benzene rings is 2. The second-order valence-electron chi connectivity index (χ2n) is 9.76. The average Bonchev–Trinajstić information content (AvgIpc) is 3.43. The fourth-order valence-corrected chi connectivity index (χ4v) is 5.84. The molecule has 9 heteroatoms. The summed E-state index contributed by atoms with van der Waals surface area (Å²) in [6.45, 7) is 9.69. The third kappa shape index (κ3) is 4.50. The Morgan fingerprint density at radius 2 is 1.85 bits per heavy atom. The van der Waals surface area contributed by atoms with E-state index in [9.17, 15) is 14.4 Å². The second kappa shape index (κ2) is 10.3. The monoisotopic (exact) mass is 546 g/mol. The van der Waals surface area contributed by atoms with Gasteiger partial charge in [0.15, 0.2) is 27.8 Å². The fraction of sp³-hybridized carbons (Fsp3) is 0.333. The number of amides is 1. The molecule has 3 heterocycles. The third-order valence-electron chi connectivity index (χ3n) is 7.06. The summed E-state index contributed by atoms with van der Waals surface area (Å²) in [5.41, 5.74) is 3.37. The van der Waals surface area contributed by atoms with Crippen LogP contribution in [0.5, 0.6) is 11.5 Å². The van der Waals surface area contributed by atoms with Crippen LogP contribution in [0.15, 0.2) is 39.5 Å². The summed E-state index contributed by atoms with van der Waals surface area (Å²) in [4.78, 5) is 46.6. The van der Waals surface area contributed by atoms with Crippen LogP contribution in [0.4, 0.5) is 5.13 Å². The number of hydrogen-bond donors (Lipinski definition) is 0. The molecular formula is C30H30N2O6S. The zero-order valence-electron chi connectivity index (χ0n) is 22.8. The highest BCUT2D eigenvalue weighted by Gasteiger charge is 2.45. The molecule has 0 spiro atoms. The number of aryl methyl sites for hydroxylation is 3. The number of carbonyl (C=O) groups excluding carboxylic acids is 2. The van der Waals surface area contributed by atoms with Crippen molar-refractivity contribution in [3.63, 3.8) is 0 Å². The normalized spacial score (nSPS) is 14.7. The molecule has 0 saturated heterocycles. The van der Waals surface area contributed by atoms with Gasteiger partial charge in [-0.15, -0.1) is 0 Å². The Hall–Kier alpha value is -3.98. The smallest absolute Gasteiger partial charge is 0.297 e. The molecule has 202 valence electrons. The van der Waals surface area contributed by atoms with Gasteiger partial charge in [-0.1, -0.05) is 30.7 Å². The van der Waals surface area contributed by atoms with Gasteiger partial charge in [0.05, 0.1) is 41.3 Å². The third-order valence-corrected chi connectivity index (χ3v) is 8.31. The Kier molecular flexibility index (Phi) is 7.03. The van der Waals surface area contributed by atoms with E-state index in [1.165, 1.54) is 11.8 Å². The summed E-state index contributed by atoms with van der Waals surface area (Å²) >= 11 is 1.12. The molecule has 1 unspecified atom stereocenters. The first-order valence-electron chi connectivity index (χ1n) is 12.9. The van der Waals surface area contributed by atoms with Crippen molar-refractivity contribution in [2.45, 2.75) is 53.5 Å². The van der Waals surface area contributed by atoms with Crippen LogP contribution in [-0.4, -0.2) is 30.4 Å². The molecule has 39 heavy (non-hydrogen) atoms. The van der Waals surface area contributed by atoms with Crippen LogP contribution in [0.2, 0.25) is 0 Å². The van der Waals surface area contributed by atoms with Gasteiger partial charge in [-0.25, -0.2) is 4.98 Å². The molecule has 1 atom stereocenters. The maximum absolute atomic E-state index is 14.0. The zero-order chi connectivity index (χ0) is 28.0. The van der Waals surface area contributed by atoms with Crippen LogP contribution in [-0.2, 0) is 0 Å². The molecule has 0 bridgehead atoms. The van der Waals surface area contributed by atoms with Crippen molar-refractivity contribution in [2.75, 3.05) is 18.6 Å².